The summed E-state index contributed by atoms with van der Waals surface area (Å²) in [4.78, 5) is 9.96. The molecule has 58 valence electrons. The minimum absolute atomic E-state index is 0.0644. The third-order valence-electron chi connectivity index (χ3n) is 1.90. The molecule has 0 spiro atoms. The Morgan fingerprint density at radius 1 is 1.40 bits per heavy atom. The Morgan fingerprint density at radius 3 is 2.70 bits per heavy atom. The first-order chi connectivity index (χ1) is 4.84. The topological polar surface area (TPSA) is 26.3 Å². The van der Waals surface area contributed by atoms with E-state index in [-0.39, 0.29) is 11.4 Å². The second-order valence-electron chi connectivity index (χ2n) is 2.62. The molecular weight excluding hydrogens is 148 g/mol. The molecule has 1 aliphatic carbocycles. The molecule has 1 rings (SSSR count). The van der Waals surface area contributed by atoms with E-state index in [0.29, 0.717) is 6.47 Å². The molecule has 2 nitrogen and oxygen atoms in total. The minimum Gasteiger partial charge on any atom is -0.463 e. The van der Waals surface area contributed by atoms with Crippen molar-refractivity contribution in [3.63, 3.8) is 0 Å². The van der Waals surface area contributed by atoms with E-state index in [1.165, 1.54) is 6.42 Å². The van der Waals surface area contributed by atoms with Crippen LogP contribution in [-0.2, 0) is 9.53 Å². The fourth-order valence-electron chi connectivity index (χ4n) is 1.31. The quantitative estimate of drug-likeness (QED) is 0.488. The van der Waals surface area contributed by atoms with Gasteiger partial charge in [0.25, 0.3) is 6.47 Å². The molecule has 2 unspecified atom stereocenters. The standard InChI is InChI=1S/C7H12O2S/c8-5-9-6-3-1-2-4-7(6)10/h5-7,10H,1-4H2. The van der Waals surface area contributed by atoms with Crippen LogP contribution >= 0.6 is 12.6 Å². The van der Waals surface area contributed by atoms with Crippen LogP contribution in [0.4, 0.5) is 0 Å². The molecule has 0 aliphatic heterocycles. The molecule has 10 heavy (non-hydrogen) atoms. The first-order valence-electron chi connectivity index (χ1n) is 3.62. The van der Waals surface area contributed by atoms with E-state index < -0.39 is 0 Å². The average Bonchev–Trinajstić information content (AvgIpc) is 1.94. The smallest absolute Gasteiger partial charge is 0.293 e. The van der Waals surface area contributed by atoms with Crippen molar-refractivity contribution < 1.29 is 9.53 Å². The van der Waals surface area contributed by atoms with Gasteiger partial charge in [0.1, 0.15) is 6.10 Å². The van der Waals surface area contributed by atoms with E-state index in [2.05, 4.69) is 12.6 Å². The van der Waals surface area contributed by atoms with Gasteiger partial charge in [-0.15, -0.1) is 0 Å². The zero-order chi connectivity index (χ0) is 7.40. The Hall–Kier alpha value is -0.180. The predicted octanol–water partition coefficient (Wildman–Crippen LogP) is 1.40. The van der Waals surface area contributed by atoms with Gasteiger partial charge in [-0.2, -0.15) is 12.6 Å². The summed E-state index contributed by atoms with van der Waals surface area (Å²) in [6.07, 6.45) is 4.49. The van der Waals surface area contributed by atoms with Crippen molar-refractivity contribution >= 4 is 19.1 Å². The van der Waals surface area contributed by atoms with Gasteiger partial charge in [-0.3, -0.25) is 4.79 Å². The van der Waals surface area contributed by atoms with E-state index in [1.807, 2.05) is 0 Å². The monoisotopic (exact) mass is 160 g/mol. The third kappa shape index (κ3) is 1.90. The van der Waals surface area contributed by atoms with Crippen LogP contribution in [0.25, 0.3) is 0 Å². The molecule has 0 aromatic rings. The van der Waals surface area contributed by atoms with Gasteiger partial charge in [-0.1, -0.05) is 6.42 Å². The Balaban J connectivity index is 2.32. The molecule has 1 saturated carbocycles. The second-order valence-corrected chi connectivity index (χ2v) is 3.29. The molecule has 0 saturated heterocycles. The summed E-state index contributed by atoms with van der Waals surface area (Å²) in [6, 6.07) is 0. The Bertz CT molecular complexity index is 116. The molecule has 1 aliphatic rings. The molecule has 0 heterocycles. The highest BCUT2D eigenvalue weighted by Gasteiger charge is 2.22. The van der Waals surface area contributed by atoms with Crippen LogP contribution in [-0.4, -0.2) is 17.8 Å². The first kappa shape index (κ1) is 7.92. The fourth-order valence-corrected chi connectivity index (χ4v) is 1.71. The summed E-state index contributed by atoms with van der Waals surface area (Å²) < 4.78 is 4.84. The van der Waals surface area contributed by atoms with Crippen molar-refractivity contribution in [3.05, 3.63) is 0 Å². The van der Waals surface area contributed by atoms with Crippen LogP contribution in [0.2, 0.25) is 0 Å². The Morgan fingerprint density at radius 2 is 2.10 bits per heavy atom. The summed E-state index contributed by atoms with van der Waals surface area (Å²) in [7, 11) is 0. The summed E-state index contributed by atoms with van der Waals surface area (Å²) in [6.45, 7) is 0.527. The molecule has 0 amide bonds. The highest BCUT2D eigenvalue weighted by Crippen LogP contribution is 2.24. The lowest BCUT2D eigenvalue weighted by molar-refractivity contribution is -0.134. The summed E-state index contributed by atoms with van der Waals surface area (Å²) in [5.41, 5.74) is 0. The van der Waals surface area contributed by atoms with Gasteiger partial charge in [0.15, 0.2) is 0 Å². The van der Waals surface area contributed by atoms with E-state index in [9.17, 15) is 4.79 Å². The van der Waals surface area contributed by atoms with Crippen molar-refractivity contribution in [2.45, 2.75) is 37.0 Å². The predicted molar refractivity (Wildman–Crippen MR) is 42.2 cm³/mol. The van der Waals surface area contributed by atoms with E-state index in [4.69, 9.17) is 4.74 Å². The number of hydrogen-bond donors (Lipinski definition) is 1. The van der Waals surface area contributed by atoms with Crippen molar-refractivity contribution in [3.8, 4) is 0 Å². The normalized spacial score (nSPS) is 33.3. The Kier molecular flexibility index (Phi) is 3.06. The van der Waals surface area contributed by atoms with Crippen LogP contribution < -0.4 is 0 Å². The maximum absolute atomic E-state index is 9.96. The second kappa shape index (κ2) is 3.86. The number of thiol groups is 1. The molecule has 2 atom stereocenters. The number of hydrogen-bond acceptors (Lipinski definition) is 3. The van der Waals surface area contributed by atoms with E-state index >= 15 is 0 Å². The van der Waals surface area contributed by atoms with Gasteiger partial charge in [0.2, 0.25) is 0 Å². The van der Waals surface area contributed by atoms with Gasteiger partial charge in [0, 0.05) is 5.25 Å². The first-order valence-corrected chi connectivity index (χ1v) is 4.13. The van der Waals surface area contributed by atoms with Crippen molar-refractivity contribution in [1.82, 2.24) is 0 Å². The summed E-state index contributed by atoms with van der Waals surface area (Å²) in [5, 5.41) is 0.263. The number of ether oxygens (including phenoxy) is 1. The minimum atomic E-state index is 0.0644. The molecule has 0 N–H and O–H groups in total. The number of carbonyl (C=O) groups is 1. The number of rotatable bonds is 2. The van der Waals surface area contributed by atoms with E-state index in [0.717, 1.165) is 19.3 Å². The molecule has 0 radical (unpaired) electrons. The van der Waals surface area contributed by atoms with E-state index in [1.54, 1.807) is 0 Å². The lowest BCUT2D eigenvalue weighted by atomic mass is 9.97. The maximum Gasteiger partial charge on any atom is 0.293 e. The highest BCUT2D eigenvalue weighted by atomic mass is 32.1. The van der Waals surface area contributed by atoms with Gasteiger partial charge in [0.05, 0.1) is 0 Å². The summed E-state index contributed by atoms with van der Waals surface area (Å²) >= 11 is 4.31. The largest absolute Gasteiger partial charge is 0.463 e. The molecule has 0 aromatic heterocycles. The highest BCUT2D eigenvalue weighted by molar-refractivity contribution is 7.81. The van der Waals surface area contributed by atoms with Crippen molar-refractivity contribution in [2.75, 3.05) is 0 Å². The van der Waals surface area contributed by atoms with Crippen LogP contribution in [0.5, 0.6) is 0 Å². The number of carbonyl (C=O) groups excluding carboxylic acids is 1. The molecular formula is C7H12O2S. The molecule has 3 heteroatoms. The van der Waals surface area contributed by atoms with Crippen LogP contribution in [0.3, 0.4) is 0 Å². The maximum atomic E-state index is 9.96. The fraction of sp³-hybridized carbons (Fsp3) is 0.857. The lowest BCUT2D eigenvalue weighted by Crippen LogP contribution is -2.27. The van der Waals surface area contributed by atoms with Crippen LogP contribution in [0.15, 0.2) is 0 Å². The Labute approximate surface area is 66.4 Å². The molecule has 1 fully saturated rings. The summed E-state index contributed by atoms with van der Waals surface area (Å²) in [5.74, 6) is 0. The SMILES string of the molecule is O=COC1CCCCC1S. The molecule has 0 aromatic carbocycles. The third-order valence-corrected chi connectivity index (χ3v) is 2.49. The van der Waals surface area contributed by atoms with Crippen molar-refractivity contribution in [1.29, 1.82) is 0 Å². The van der Waals surface area contributed by atoms with Gasteiger partial charge in [-0.25, -0.2) is 0 Å². The average molecular weight is 160 g/mol. The zero-order valence-electron chi connectivity index (χ0n) is 5.82. The van der Waals surface area contributed by atoms with Gasteiger partial charge >= 0.3 is 0 Å². The molecule has 0 bridgehead atoms. The van der Waals surface area contributed by atoms with Gasteiger partial charge < -0.3 is 4.74 Å². The zero-order valence-corrected chi connectivity index (χ0v) is 6.72. The van der Waals surface area contributed by atoms with Crippen LogP contribution in [0, 0.1) is 0 Å². The van der Waals surface area contributed by atoms with Crippen molar-refractivity contribution in [2.24, 2.45) is 0 Å². The lowest BCUT2D eigenvalue weighted by Gasteiger charge is -2.25. The van der Waals surface area contributed by atoms with Gasteiger partial charge in [-0.05, 0) is 19.3 Å². The van der Waals surface area contributed by atoms with Crippen LogP contribution in [0.1, 0.15) is 25.7 Å².